The number of aliphatic carboxylic acids is 1. The van der Waals surface area contributed by atoms with Crippen LogP contribution in [0.1, 0.15) is 12.8 Å². The highest BCUT2D eigenvalue weighted by atomic mass is 19.4. The number of rotatable bonds is 5. The molecule has 8 heteroatoms. The van der Waals surface area contributed by atoms with Crippen LogP contribution >= 0.6 is 0 Å². The van der Waals surface area contributed by atoms with E-state index in [-0.39, 0.29) is 19.4 Å². The highest BCUT2D eigenvalue weighted by molar-refractivity contribution is 5.81. The molecule has 0 aliphatic heterocycles. The summed E-state index contributed by atoms with van der Waals surface area (Å²) in [5.74, 6) is -1.74. The van der Waals surface area contributed by atoms with Crippen LogP contribution in [-0.2, 0) is 9.53 Å². The fraction of sp³-hybridized carbons (Fsp3) is 0.600. The van der Waals surface area contributed by atoms with Gasteiger partial charge in [0.15, 0.2) is 0 Å². The lowest BCUT2D eigenvalue weighted by atomic mass is 9.96. The van der Waals surface area contributed by atoms with Crippen molar-refractivity contribution in [2.24, 2.45) is 5.41 Å². The first-order chi connectivity index (χ1) is 8.24. The minimum atomic E-state index is -4.68. The van der Waals surface area contributed by atoms with E-state index in [9.17, 15) is 22.8 Å². The maximum Gasteiger partial charge on any atom is 0.408 e. The lowest BCUT2D eigenvalue weighted by Gasteiger charge is -2.26. The summed E-state index contributed by atoms with van der Waals surface area (Å²) in [6.07, 6.45) is -5.32. The second-order valence-corrected chi connectivity index (χ2v) is 3.96. The second kappa shape index (κ2) is 4.87. The molecule has 1 fully saturated rings. The van der Waals surface area contributed by atoms with Gasteiger partial charge in [0.2, 0.25) is 0 Å². The number of hydrogen-bond donors (Lipinski definition) is 2. The lowest BCUT2D eigenvalue weighted by Crippen LogP contribution is -2.52. The molecule has 0 bridgehead atoms. The van der Waals surface area contributed by atoms with Gasteiger partial charge in [0, 0.05) is 0 Å². The predicted octanol–water partition coefficient (Wildman–Crippen LogP) is 1.69. The fourth-order valence-electron chi connectivity index (χ4n) is 1.60. The van der Waals surface area contributed by atoms with E-state index in [0.717, 1.165) is 0 Å². The Morgan fingerprint density at radius 2 is 2.06 bits per heavy atom. The maximum atomic E-state index is 12.7. The van der Waals surface area contributed by atoms with Gasteiger partial charge in [-0.1, -0.05) is 12.7 Å². The van der Waals surface area contributed by atoms with Crippen LogP contribution in [0, 0.1) is 5.41 Å². The van der Waals surface area contributed by atoms with Crippen LogP contribution in [0.5, 0.6) is 0 Å². The Labute approximate surface area is 101 Å². The van der Waals surface area contributed by atoms with Crippen LogP contribution in [0.2, 0.25) is 0 Å². The number of carbonyl (C=O) groups excluding carboxylic acids is 1. The molecule has 1 rings (SSSR count). The first kappa shape index (κ1) is 14.3. The number of hydrogen-bond acceptors (Lipinski definition) is 3. The van der Waals surface area contributed by atoms with Crippen molar-refractivity contribution in [2.75, 3.05) is 6.61 Å². The van der Waals surface area contributed by atoms with E-state index in [4.69, 9.17) is 5.11 Å². The molecule has 1 unspecified atom stereocenters. The Morgan fingerprint density at radius 1 is 1.50 bits per heavy atom. The van der Waals surface area contributed by atoms with Gasteiger partial charge >= 0.3 is 18.2 Å². The molecule has 0 radical (unpaired) electrons. The van der Waals surface area contributed by atoms with Gasteiger partial charge in [0.25, 0.3) is 0 Å². The number of alkyl carbamates (subject to hydrolysis) is 1. The minimum absolute atomic E-state index is 0.211. The molecule has 5 nitrogen and oxygen atoms in total. The number of carboxylic acids is 1. The summed E-state index contributed by atoms with van der Waals surface area (Å²) in [6.45, 7) is 3.03. The lowest BCUT2D eigenvalue weighted by molar-refractivity contribution is -0.200. The van der Waals surface area contributed by atoms with Gasteiger partial charge in [0.1, 0.15) is 12.6 Å². The monoisotopic (exact) mass is 267 g/mol. The molecular weight excluding hydrogens is 255 g/mol. The number of halogens is 3. The highest BCUT2D eigenvalue weighted by Gasteiger charge is 2.69. The number of carboxylic acid groups (broad SMARTS) is 1. The molecule has 1 aliphatic rings. The summed E-state index contributed by atoms with van der Waals surface area (Å²) >= 11 is 0. The van der Waals surface area contributed by atoms with Crippen LogP contribution in [0.3, 0.4) is 0 Å². The Bertz CT molecular complexity index is 363. The molecular formula is C10H12F3NO4. The molecule has 0 spiro atoms. The third-order valence-corrected chi connectivity index (χ3v) is 2.75. The Morgan fingerprint density at radius 3 is 2.39 bits per heavy atom. The van der Waals surface area contributed by atoms with Crippen LogP contribution in [0.15, 0.2) is 12.7 Å². The van der Waals surface area contributed by atoms with E-state index in [1.165, 1.54) is 6.08 Å². The van der Waals surface area contributed by atoms with Gasteiger partial charge in [-0.25, -0.2) is 9.59 Å². The van der Waals surface area contributed by atoms with Crippen molar-refractivity contribution < 1.29 is 32.6 Å². The summed E-state index contributed by atoms with van der Waals surface area (Å²) in [5, 5.41) is 10.5. The Balaban J connectivity index is 2.76. The number of amides is 1. The molecule has 0 aromatic rings. The average Bonchev–Trinajstić information content (AvgIpc) is 3.02. The quantitative estimate of drug-likeness (QED) is 0.743. The minimum Gasteiger partial charge on any atom is -0.480 e. The molecule has 102 valence electrons. The zero-order chi connectivity index (χ0) is 14.0. The summed E-state index contributed by atoms with van der Waals surface area (Å²) in [5.41, 5.74) is -2.38. The van der Waals surface area contributed by atoms with E-state index < -0.39 is 29.7 Å². The van der Waals surface area contributed by atoms with Crippen molar-refractivity contribution in [3.8, 4) is 0 Å². The molecule has 1 saturated carbocycles. The van der Waals surface area contributed by atoms with Crippen LogP contribution in [0.25, 0.3) is 0 Å². The van der Waals surface area contributed by atoms with Crippen molar-refractivity contribution in [3.05, 3.63) is 12.7 Å². The van der Waals surface area contributed by atoms with Crippen LogP contribution < -0.4 is 5.32 Å². The SMILES string of the molecule is C=CCOC(=O)NC(C(=O)O)C1(C(F)(F)F)CC1. The number of ether oxygens (including phenoxy) is 1. The van der Waals surface area contributed by atoms with Gasteiger partial charge in [-0.15, -0.1) is 0 Å². The zero-order valence-electron chi connectivity index (χ0n) is 9.29. The van der Waals surface area contributed by atoms with E-state index in [2.05, 4.69) is 11.3 Å². The van der Waals surface area contributed by atoms with Gasteiger partial charge in [-0.05, 0) is 12.8 Å². The van der Waals surface area contributed by atoms with E-state index in [0.29, 0.717) is 0 Å². The molecule has 1 amide bonds. The van der Waals surface area contributed by atoms with Crippen molar-refractivity contribution >= 4 is 12.1 Å². The second-order valence-electron chi connectivity index (χ2n) is 3.96. The fourth-order valence-corrected chi connectivity index (χ4v) is 1.60. The molecule has 0 aromatic carbocycles. The molecule has 2 N–H and O–H groups in total. The first-order valence-electron chi connectivity index (χ1n) is 5.08. The molecule has 1 atom stereocenters. The number of carbonyl (C=O) groups is 2. The van der Waals surface area contributed by atoms with E-state index >= 15 is 0 Å². The standard InChI is InChI=1S/C10H12F3NO4/c1-2-5-18-8(17)14-6(7(15)16)9(3-4-9)10(11,12)13/h2,6H,1,3-5H2,(H,14,17)(H,15,16). The topological polar surface area (TPSA) is 75.6 Å². The maximum absolute atomic E-state index is 12.7. The van der Waals surface area contributed by atoms with Gasteiger partial charge in [-0.2, -0.15) is 13.2 Å². The predicted molar refractivity (Wildman–Crippen MR) is 53.8 cm³/mol. The summed E-state index contributed by atoms with van der Waals surface area (Å²) < 4.78 is 42.6. The number of alkyl halides is 3. The van der Waals surface area contributed by atoms with Gasteiger partial charge in [-0.3, -0.25) is 0 Å². The van der Waals surface area contributed by atoms with Gasteiger partial charge < -0.3 is 15.2 Å². The highest BCUT2D eigenvalue weighted by Crippen LogP contribution is 2.59. The van der Waals surface area contributed by atoms with E-state index in [1.807, 2.05) is 0 Å². The molecule has 18 heavy (non-hydrogen) atoms. The van der Waals surface area contributed by atoms with E-state index in [1.54, 1.807) is 5.32 Å². The van der Waals surface area contributed by atoms with Crippen LogP contribution in [0.4, 0.5) is 18.0 Å². The normalized spacial score (nSPS) is 18.6. The summed E-state index contributed by atoms with van der Waals surface area (Å²) in [6, 6.07) is -2.03. The molecule has 0 heterocycles. The third kappa shape index (κ3) is 2.74. The Kier molecular flexibility index (Phi) is 3.88. The van der Waals surface area contributed by atoms with Crippen molar-refractivity contribution in [3.63, 3.8) is 0 Å². The Hall–Kier alpha value is -1.73. The van der Waals surface area contributed by atoms with Crippen molar-refractivity contribution in [1.29, 1.82) is 0 Å². The largest absolute Gasteiger partial charge is 0.480 e. The third-order valence-electron chi connectivity index (χ3n) is 2.75. The molecule has 0 aromatic heterocycles. The summed E-state index contributed by atoms with van der Waals surface area (Å²) in [7, 11) is 0. The molecule has 0 saturated heterocycles. The van der Waals surface area contributed by atoms with Crippen molar-refractivity contribution in [1.82, 2.24) is 5.32 Å². The zero-order valence-corrected chi connectivity index (χ0v) is 9.29. The smallest absolute Gasteiger partial charge is 0.408 e. The molecule has 1 aliphatic carbocycles. The summed E-state index contributed by atoms with van der Waals surface area (Å²) in [4.78, 5) is 22.0. The first-order valence-corrected chi connectivity index (χ1v) is 5.08. The average molecular weight is 267 g/mol. The van der Waals surface area contributed by atoms with Gasteiger partial charge in [0.05, 0.1) is 5.41 Å². The van der Waals surface area contributed by atoms with Crippen molar-refractivity contribution in [2.45, 2.75) is 25.1 Å². The van der Waals surface area contributed by atoms with Crippen LogP contribution in [-0.4, -0.2) is 36.0 Å². The number of nitrogens with one attached hydrogen (secondary N) is 1.